The van der Waals surface area contributed by atoms with Gasteiger partial charge < -0.3 is 10.4 Å². The first kappa shape index (κ1) is 13.6. The molecule has 1 aromatic heterocycles. The lowest BCUT2D eigenvalue weighted by Gasteiger charge is -2.13. The van der Waals surface area contributed by atoms with Gasteiger partial charge in [-0.2, -0.15) is 11.3 Å². The van der Waals surface area contributed by atoms with E-state index in [1.54, 1.807) is 16.8 Å². The molecule has 0 aliphatic heterocycles. The molecule has 0 bridgehead atoms. The van der Waals surface area contributed by atoms with Crippen molar-refractivity contribution in [2.75, 3.05) is 6.54 Å². The van der Waals surface area contributed by atoms with Crippen LogP contribution in [-0.4, -0.2) is 17.6 Å². The van der Waals surface area contributed by atoms with Crippen LogP contribution in [0, 0.1) is 11.6 Å². The summed E-state index contributed by atoms with van der Waals surface area (Å²) in [5.74, 6) is -2.06. The molecule has 1 atom stereocenters. The van der Waals surface area contributed by atoms with Crippen molar-refractivity contribution in [1.29, 1.82) is 0 Å². The van der Waals surface area contributed by atoms with E-state index in [-0.39, 0.29) is 6.54 Å². The molecule has 19 heavy (non-hydrogen) atoms. The van der Waals surface area contributed by atoms with Crippen LogP contribution in [-0.2, 0) is 0 Å². The van der Waals surface area contributed by atoms with Crippen molar-refractivity contribution in [2.45, 2.75) is 6.10 Å². The maximum atomic E-state index is 13.4. The van der Waals surface area contributed by atoms with E-state index >= 15 is 0 Å². The lowest BCUT2D eigenvalue weighted by Crippen LogP contribution is -2.28. The number of carbonyl (C=O) groups excluding carboxylic acids is 1. The molecule has 1 heterocycles. The number of aliphatic hydroxyl groups is 1. The highest BCUT2D eigenvalue weighted by molar-refractivity contribution is 7.08. The summed E-state index contributed by atoms with van der Waals surface area (Å²) in [7, 11) is 0. The molecule has 0 spiro atoms. The van der Waals surface area contributed by atoms with Crippen molar-refractivity contribution in [3.63, 3.8) is 0 Å². The predicted octanol–water partition coefficient (Wildman–Crippen LogP) is 2.49. The summed E-state index contributed by atoms with van der Waals surface area (Å²) in [6.07, 6.45) is -1.43. The number of hydrogen-bond acceptors (Lipinski definition) is 3. The largest absolute Gasteiger partial charge is 0.386 e. The molecule has 0 saturated heterocycles. The third kappa shape index (κ3) is 3.15. The van der Waals surface area contributed by atoms with E-state index in [4.69, 9.17) is 0 Å². The number of halogens is 2. The number of rotatable bonds is 4. The molecule has 1 amide bonds. The monoisotopic (exact) mass is 283 g/mol. The number of nitrogens with one attached hydrogen (secondary N) is 1. The fourth-order valence-electron chi connectivity index (χ4n) is 1.62. The fourth-order valence-corrected chi connectivity index (χ4v) is 2.25. The normalized spacial score (nSPS) is 12.2. The summed E-state index contributed by atoms with van der Waals surface area (Å²) in [4.78, 5) is 11.6. The number of amides is 1. The molecular weight excluding hydrogens is 272 g/mol. The van der Waals surface area contributed by atoms with Crippen molar-refractivity contribution in [3.05, 3.63) is 57.8 Å². The first-order valence-corrected chi connectivity index (χ1v) is 6.46. The molecule has 0 fully saturated rings. The van der Waals surface area contributed by atoms with Crippen LogP contribution in [0.1, 0.15) is 22.0 Å². The second kappa shape index (κ2) is 5.90. The van der Waals surface area contributed by atoms with Gasteiger partial charge in [0.15, 0.2) is 0 Å². The van der Waals surface area contributed by atoms with Crippen molar-refractivity contribution < 1.29 is 18.7 Å². The second-order valence-corrected chi connectivity index (χ2v) is 4.65. The number of hydrogen-bond donors (Lipinski definition) is 2. The first-order chi connectivity index (χ1) is 9.09. The van der Waals surface area contributed by atoms with E-state index < -0.39 is 29.2 Å². The highest BCUT2D eigenvalue weighted by atomic mass is 32.1. The molecule has 0 aliphatic rings. The van der Waals surface area contributed by atoms with Crippen LogP contribution in [0.3, 0.4) is 0 Å². The van der Waals surface area contributed by atoms with Crippen LogP contribution < -0.4 is 5.32 Å². The Hall–Kier alpha value is -1.79. The van der Waals surface area contributed by atoms with Gasteiger partial charge in [0.05, 0.1) is 5.56 Å². The zero-order valence-electron chi connectivity index (χ0n) is 9.77. The van der Waals surface area contributed by atoms with Crippen LogP contribution in [0.5, 0.6) is 0 Å². The number of aliphatic hydroxyl groups excluding tert-OH is 1. The zero-order valence-corrected chi connectivity index (χ0v) is 10.6. The van der Waals surface area contributed by atoms with E-state index in [1.807, 2.05) is 0 Å². The highest BCUT2D eigenvalue weighted by Gasteiger charge is 2.18. The van der Waals surface area contributed by atoms with E-state index in [0.29, 0.717) is 5.56 Å². The molecule has 1 aromatic carbocycles. The van der Waals surface area contributed by atoms with Gasteiger partial charge in [-0.05, 0) is 23.6 Å². The molecule has 2 N–H and O–H groups in total. The molecule has 0 unspecified atom stereocenters. The lowest BCUT2D eigenvalue weighted by molar-refractivity contribution is 0.0912. The summed E-state index contributed by atoms with van der Waals surface area (Å²) in [5.41, 5.74) is 0.0133. The first-order valence-electron chi connectivity index (χ1n) is 5.52. The molecule has 3 nitrogen and oxygen atoms in total. The summed E-state index contributed by atoms with van der Waals surface area (Å²) in [6, 6.07) is 4.95. The maximum Gasteiger partial charge on any atom is 0.252 e. The Morgan fingerprint density at radius 2 is 2.00 bits per heavy atom. The van der Waals surface area contributed by atoms with Gasteiger partial charge in [-0.1, -0.05) is 6.07 Å². The highest BCUT2D eigenvalue weighted by Crippen LogP contribution is 2.20. The van der Waals surface area contributed by atoms with Crippen molar-refractivity contribution in [3.8, 4) is 0 Å². The Morgan fingerprint density at radius 1 is 1.32 bits per heavy atom. The fraction of sp³-hybridized carbons (Fsp3) is 0.154. The predicted molar refractivity (Wildman–Crippen MR) is 68.0 cm³/mol. The average Bonchev–Trinajstić information content (AvgIpc) is 2.89. The maximum absolute atomic E-state index is 13.4. The minimum absolute atomic E-state index is 0.257. The number of benzene rings is 1. The standard InChI is InChI=1S/C13H11F2NO2S/c14-9-2-1-3-10(15)12(9)11(17)6-16-13(18)8-4-5-19-7-8/h1-5,7,11,17H,6H2,(H,16,18)/t11-/m1/s1. The molecule has 0 radical (unpaired) electrons. The topological polar surface area (TPSA) is 49.3 Å². The molecule has 2 rings (SSSR count). The van der Waals surface area contributed by atoms with Crippen LogP contribution >= 0.6 is 11.3 Å². The summed E-state index contributed by atoms with van der Waals surface area (Å²) >= 11 is 1.36. The third-order valence-electron chi connectivity index (χ3n) is 2.57. The van der Waals surface area contributed by atoms with Gasteiger partial charge in [0.25, 0.3) is 5.91 Å². The summed E-state index contributed by atoms with van der Waals surface area (Å²) in [6.45, 7) is -0.257. The zero-order chi connectivity index (χ0) is 13.8. The average molecular weight is 283 g/mol. The van der Waals surface area contributed by atoms with Gasteiger partial charge in [0.1, 0.15) is 17.7 Å². The van der Waals surface area contributed by atoms with Gasteiger partial charge in [0, 0.05) is 17.5 Å². The van der Waals surface area contributed by atoms with Crippen molar-refractivity contribution >= 4 is 17.2 Å². The number of carbonyl (C=O) groups is 1. The minimum Gasteiger partial charge on any atom is -0.386 e. The second-order valence-electron chi connectivity index (χ2n) is 3.87. The van der Waals surface area contributed by atoms with Crippen LogP contribution in [0.4, 0.5) is 8.78 Å². The van der Waals surface area contributed by atoms with Gasteiger partial charge in [-0.25, -0.2) is 8.78 Å². The SMILES string of the molecule is O=C(NC[C@@H](O)c1c(F)cccc1F)c1ccsc1. The van der Waals surface area contributed by atoms with E-state index in [1.165, 1.54) is 17.4 Å². The van der Waals surface area contributed by atoms with Gasteiger partial charge >= 0.3 is 0 Å². The summed E-state index contributed by atoms with van der Waals surface area (Å²) < 4.78 is 26.8. The Kier molecular flexibility index (Phi) is 4.24. The molecule has 6 heteroatoms. The van der Waals surface area contributed by atoms with Crippen LogP contribution in [0.2, 0.25) is 0 Å². The molecule has 0 saturated carbocycles. The van der Waals surface area contributed by atoms with Crippen LogP contribution in [0.15, 0.2) is 35.0 Å². The Labute approximate surface area is 112 Å². The Balaban J connectivity index is 2.02. The van der Waals surface area contributed by atoms with Gasteiger partial charge in [-0.15, -0.1) is 0 Å². The minimum atomic E-state index is -1.43. The van der Waals surface area contributed by atoms with E-state index in [2.05, 4.69) is 5.32 Å². The quantitative estimate of drug-likeness (QED) is 0.905. The number of thiophene rings is 1. The molecular formula is C13H11F2NO2S. The van der Waals surface area contributed by atoms with Crippen LogP contribution in [0.25, 0.3) is 0 Å². The molecule has 0 aliphatic carbocycles. The third-order valence-corrected chi connectivity index (χ3v) is 3.26. The molecule has 2 aromatic rings. The van der Waals surface area contributed by atoms with Crippen molar-refractivity contribution in [1.82, 2.24) is 5.32 Å². The van der Waals surface area contributed by atoms with E-state index in [0.717, 1.165) is 12.1 Å². The van der Waals surface area contributed by atoms with E-state index in [9.17, 15) is 18.7 Å². The Bertz CT molecular complexity index is 552. The summed E-state index contributed by atoms with van der Waals surface area (Å²) in [5, 5.41) is 15.5. The smallest absolute Gasteiger partial charge is 0.252 e. The molecule has 100 valence electrons. The van der Waals surface area contributed by atoms with Gasteiger partial charge in [-0.3, -0.25) is 4.79 Å². The Morgan fingerprint density at radius 3 is 2.58 bits per heavy atom. The van der Waals surface area contributed by atoms with Crippen molar-refractivity contribution in [2.24, 2.45) is 0 Å². The van der Waals surface area contributed by atoms with Gasteiger partial charge in [0.2, 0.25) is 0 Å². The lowest BCUT2D eigenvalue weighted by atomic mass is 10.1.